The van der Waals surface area contributed by atoms with E-state index >= 15 is 0 Å². The lowest BCUT2D eigenvalue weighted by atomic mass is 9.92. The second-order valence-electron chi connectivity index (χ2n) is 7.68. The highest BCUT2D eigenvalue weighted by molar-refractivity contribution is 7.10. The molecule has 0 fully saturated rings. The van der Waals surface area contributed by atoms with Gasteiger partial charge in [-0.25, -0.2) is 0 Å². The van der Waals surface area contributed by atoms with Crippen molar-refractivity contribution in [2.45, 2.75) is 66.2 Å². The van der Waals surface area contributed by atoms with Gasteiger partial charge >= 0.3 is 0 Å². The molecule has 2 rings (SSSR count). The summed E-state index contributed by atoms with van der Waals surface area (Å²) in [6.07, 6.45) is 2.97. The van der Waals surface area contributed by atoms with E-state index in [9.17, 15) is 4.79 Å². The molecule has 0 saturated heterocycles. The van der Waals surface area contributed by atoms with Gasteiger partial charge in [0.25, 0.3) is 5.91 Å². The van der Waals surface area contributed by atoms with Gasteiger partial charge in [-0.2, -0.15) is 0 Å². The Bertz CT molecular complexity index is 693. The SMILES string of the molecule is CCCc1c(C(=O)Nc2cc(C(C)(C)C)no2)csc1CC(C)C. The van der Waals surface area contributed by atoms with E-state index in [1.54, 1.807) is 17.4 Å². The number of anilines is 1. The Hall–Kier alpha value is -1.62. The molecule has 1 N–H and O–H groups in total. The third-order valence-electron chi connectivity index (χ3n) is 3.83. The van der Waals surface area contributed by atoms with E-state index in [1.165, 1.54) is 10.4 Å². The van der Waals surface area contributed by atoms with Crippen LogP contribution >= 0.6 is 11.3 Å². The van der Waals surface area contributed by atoms with Crippen molar-refractivity contribution < 1.29 is 9.32 Å². The Labute approximate surface area is 148 Å². The third kappa shape index (κ3) is 4.47. The summed E-state index contributed by atoms with van der Waals surface area (Å²) in [4.78, 5) is 14.0. The van der Waals surface area contributed by atoms with Gasteiger partial charge in [0.2, 0.25) is 5.88 Å². The molecule has 0 atom stereocenters. The maximum Gasteiger partial charge on any atom is 0.259 e. The van der Waals surface area contributed by atoms with Crippen LogP contribution in [-0.2, 0) is 18.3 Å². The molecule has 2 heterocycles. The van der Waals surface area contributed by atoms with E-state index in [0.717, 1.165) is 30.5 Å². The van der Waals surface area contributed by atoms with Crippen LogP contribution in [0.1, 0.15) is 74.5 Å². The van der Waals surface area contributed by atoms with Crippen molar-refractivity contribution >= 4 is 23.1 Å². The first-order valence-corrected chi connectivity index (χ1v) is 9.48. The number of hydrogen-bond acceptors (Lipinski definition) is 4. The number of nitrogens with zero attached hydrogens (tertiary/aromatic N) is 1. The van der Waals surface area contributed by atoms with Crippen molar-refractivity contribution in [3.8, 4) is 0 Å². The molecule has 0 aliphatic rings. The highest BCUT2D eigenvalue weighted by atomic mass is 32.1. The normalized spacial score (nSPS) is 12.0. The monoisotopic (exact) mass is 348 g/mol. The molecular weight excluding hydrogens is 320 g/mol. The lowest BCUT2D eigenvalue weighted by molar-refractivity contribution is 0.102. The molecule has 0 aromatic carbocycles. The predicted octanol–water partition coefficient (Wildman–Crippen LogP) is 5.44. The number of aromatic nitrogens is 1. The fraction of sp³-hybridized carbons (Fsp3) is 0.579. The van der Waals surface area contributed by atoms with Crippen LogP contribution in [0.25, 0.3) is 0 Å². The van der Waals surface area contributed by atoms with Gasteiger partial charge in [0.1, 0.15) is 0 Å². The lowest BCUT2D eigenvalue weighted by Gasteiger charge is -2.12. The summed E-state index contributed by atoms with van der Waals surface area (Å²) in [6, 6.07) is 1.80. The molecule has 5 heteroatoms. The highest BCUT2D eigenvalue weighted by Gasteiger charge is 2.22. The van der Waals surface area contributed by atoms with Crippen molar-refractivity contribution in [2.75, 3.05) is 5.32 Å². The van der Waals surface area contributed by atoms with E-state index in [0.29, 0.717) is 11.8 Å². The van der Waals surface area contributed by atoms with Crippen molar-refractivity contribution in [1.29, 1.82) is 0 Å². The number of amides is 1. The molecule has 0 aliphatic heterocycles. The summed E-state index contributed by atoms with van der Waals surface area (Å²) in [5, 5.41) is 8.88. The van der Waals surface area contributed by atoms with Crippen molar-refractivity contribution in [3.63, 3.8) is 0 Å². The largest absolute Gasteiger partial charge is 0.338 e. The maximum atomic E-state index is 12.7. The molecule has 24 heavy (non-hydrogen) atoms. The van der Waals surface area contributed by atoms with Crippen LogP contribution in [0.2, 0.25) is 0 Å². The molecule has 0 aliphatic carbocycles. The minimum Gasteiger partial charge on any atom is -0.338 e. The van der Waals surface area contributed by atoms with Gasteiger partial charge in [-0.05, 0) is 24.3 Å². The maximum absolute atomic E-state index is 12.7. The molecule has 1 amide bonds. The first-order chi connectivity index (χ1) is 11.2. The molecule has 4 nitrogen and oxygen atoms in total. The van der Waals surface area contributed by atoms with Crippen LogP contribution in [0, 0.1) is 5.92 Å². The number of rotatable bonds is 6. The summed E-state index contributed by atoms with van der Waals surface area (Å²) in [5.74, 6) is 0.879. The van der Waals surface area contributed by atoms with E-state index in [-0.39, 0.29) is 11.3 Å². The van der Waals surface area contributed by atoms with E-state index in [2.05, 4.69) is 52.0 Å². The number of hydrogen-bond donors (Lipinski definition) is 1. The number of nitrogens with one attached hydrogen (secondary N) is 1. The molecule has 0 saturated carbocycles. The van der Waals surface area contributed by atoms with Crippen LogP contribution < -0.4 is 5.32 Å². The Morgan fingerprint density at radius 3 is 2.62 bits per heavy atom. The Balaban J connectivity index is 2.20. The summed E-state index contributed by atoms with van der Waals surface area (Å²) < 4.78 is 5.28. The molecule has 2 aromatic heterocycles. The first-order valence-electron chi connectivity index (χ1n) is 8.60. The highest BCUT2D eigenvalue weighted by Crippen LogP contribution is 2.28. The summed E-state index contributed by atoms with van der Waals surface area (Å²) in [7, 11) is 0. The van der Waals surface area contributed by atoms with Gasteiger partial charge < -0.3 is 4.52 Å². The minimum absolute atomic E-state index is 0.105. The quantitative estimate of drug-likeness (QED) is 0.756. The second-order valence-corrected chi connectivity index (χ2v) is 8.64. The number of thiophene rings is 1. The van der Waals surface area contributed by atoms with Crippen LogP contribution in [0.15, 0.2) is 16.0 Å². The second kappa shape index (κ2) is 7.51. The van der Waals surface area contributed by atoms with Gasteiger partial charge in [0, 0.05) is 21.7 Å². The van der Waals surface area contributed by atoms with Gasteiger partial charge in [-0.3, -0.25) is 10.1 Å². The van der Waals surface area contributed by atoms with Crippen LogP contribution in [0.4, 0.5) is 5.88 Å². The van der Waals surface area contributed by atoms with Crippen molar-refractivity contribution in [2.24, 2.45) is 5.92 Å². The predicted molar refractivity (Wildman–Crippen MR) is 100 cm³/mol. The zero-order valence-corrected chi connectivity index (χ0v) is 16.3. The smallest absolute Gasteiger partial charge is 0.259 e. The van der Waals surface area contributed by atoms with E-state index < -0.39 is 0 Å². The first kappa shape index (κ1) is 18.7. The average Bonchev–Trinajstić information content (AvgIpc) is 3.06. The number of carbonyl (C=O) groups excluding carboxylic acids is 1. The third-order valence-corrected chi connectivity index (χ3v) is 4.89. The lowest BCUT2D eigenvalue weighted by Crippen LogP contribution is -2.13. The molecular formula is C19H28N2O2S. The fourth-order valence-electron chi connectivity index (χ4n) is 2.55. The summed E-state index contributed by atoms with van der Waals surface area (Å²) in [6.45, 7) is 12.7. The number of carbonyl (C=O) groups is 1. The zero-order chi connectivity index (χ0) is 17.9. The van der Waals surface area contributed by atoms with Crippen molar-refractivity contribution in [1.82, 2.24) is 5.16 Å². The van der Waals surface area contributed by atoms with Gasteiger partial charge in [0.05, 0.1) is 11.3 Å². The van der Waals surface area contributed by atoms with Crippen LogP contribution in [-0.4, -0.2) is 11.1 Å². The minimum atomic E-state index is -0.110. The molecule has 0 unspecified atom stereocenters. The average molecular weight is 349 g/mol. The van der Waals surface area contributed by atoms with Crippen molar-refractivity contribution in [3.05, 3.63) is 33.1 Å². The van der Waals surface area contributed by atoms with Crippen LogP contribution in [0.5, 0.6) is 0 Å². The molecule has 132 valence electrons. The fourth-order valence-corrected chi connectivity index (χ4v) is 3.84. The zero-order valence-electron chi connectivity index (χ0n) is 15.5. The van der Waals surface area contributed by atoms with Crippen LogP contribution in [0.3, 0.4) is 0 Å². The van der Waals surface area contributed by atoms with Gasteiger partial charge in [-0.1, -0.05) is 53.1 Å². The molecule has 0 spiro atoms. The van der Waals surface area contributed by atoms with Gasteiger partial charge in [-0.15, -0.1) is 11.3 Å². The van der Waals surface area contributed by atoms with E-state index in [4.69, 9.17) is 4.52 Å². The Morgan fingerprint density at radius 1 is 1.38 bits per heavy atom. The molecule has 0 radical (unpaired) electrons. The summed E-state index contributed by atoms with van der Waals surface area (Å²) >= 11 is 1.69. The van der Waals surface area contributed by atoms with E-state index in [1.807, 2.05) is 5.38 Å². The Kier molecular flexibility index (Phi) is 5.86. The molecule has 0 bridgehead atoms. The molecule has 2 aromatic rings. The Morgan fingerprint density at radius 2 is 2.08 bits per heavy atom. The standard InChI is InChI=1S/C19H28N2O2S/c1-7-8-13-14(11-24-15(13)9-12(2)3)18(22)20-17-10-16(21-23-17)19(4,5)6/h10-12H,7-9H2,1-6H3,(H,20,22). The van der Waals surface area contributed by atoms with Gasteiger partial charge in [0.15, 0.2) is 0 Å². The topological polar surface area (TPSA) is 55.1 Å². The summed E-state index contributed by atoms with van der Waals surface area (Å²) in [5.41, 5.74) is 2.68.